The van der Waals surface area contributed by atoms with Crippen LogP contribution in [0.2, 0.25) is 0 Å². The van der Waals surface area contributed by atoms with Crippen molar-refractivity contribution in [1.82, 2.24) is 0 Å². The van der Waals surface area contributed by atoms with Crippen LogP contribution in [0.15, 0.2) is 24.3 Å². The minimum atomic E-state index is -4.65. The Morgan fingerprint density at radius 3 is 2.03 bits per heavy atom. The standard InChI is InChI=1S/C23H23F7O4/c1-2-3-4-5-13-10-31-22(32-11-13)14-6-16(25)20(17(26)7-14)23(29,30)34-15-8-18(27)21(33-12-24)19(28)9-15/h6-9,13,22H,2-5,10-12H2,1H3. The molecule has 1 aliphatic heterocycles. The lowest BCUT2D eigenvalue weighted by Gasteiger charge is -2.30. The lowest BCUT2D eigenvalue weighted by Crippen LogP contribution is -2.28. The molecule has 0 aliphatic carbocycles. The van der Waals surface area contributed by atoms with Crippen molar-refractivity contribution in [1.29, 1.82) is 0 Å². The van der Waals surface area contributed by atoms with Gasteiger partial charge in [0.05, 0.1) is 13.2 Å². The highest BCUT2D eigenvalue weighted by molar-refractivity contribution is 5.36. The Hall–Kier alpha value is -2.53. The first-order chi connectivity index (χ1) is 16.2. The van der Waals surface area contributed by atoms with E-state index in [0.29, 0.717) is 12.1 Å². The van der Waals surface area contributed by atoms with Crippen LogP contribution < -0.4 is 9.47 Å². The zero-order chi connectivity index (χ0) is 24.9. The number of rotatable bonds is 10. The van der Waals surface area contributed by atoms with Crippen molar-refractivity contribution >= 4 is 0 Å². The van der Waals surface area contributed by atoms with Gasteiger partial charge in [0, 0.05) is 23.6 Å². The molecule has 1 fully saturated rings. The van der Waals surface area contributed by atoms with Crippen molar-refractivity contribution < 1.29 is 49.7 Å². The number of alkyl halides is 3. The molecular weight excluding hydrogens is 473 g/mol. The largest absolute Gasteiger partial charge is 0.457 e. The molecule has 2 aromatic rings. The SMILES string of the molecule is CCCCCC1COC(c2cc(F)c(C(F)(F)Oc3cc(F)c(OCF)c(F)c3)c(F)c2)OC1. The molecule has 0 radical (unpaired) electrons. The molecule has 4 nitrogen and oxygen atoms in total. The van der Waals surface area contributed by atoms with Crippen molar-refractivity contribution in [3.63, 3.8) is 0 Å². The maximum atomic E-state index is 14.5. The summed E-state index contributed by atoms with van der Waals surface area (Å²) < 4.78 is 117. The van der Waals surface area contributed by atoms with Crippen molar-refractivity contribution in [2.45, 2.75) is 45.0 Å². The van der Waals surface area contributed by atoms with E-state index in [0.717, 1.165) is 25.7 Å². The van der Waals surface area contributed by atoms with E-state index in [-0.39, 0.29) is 36.8 Å². The average molecular weight is 496 g/mol. The van der Waals surface area contributed by atoms with E-state index in [1.54, 1.807) is 0 Å². The maximum absolute atomic E-state index is 14.5. The van der Waals surface area contributed by atoms with Crippen LogP contribution in [0, 0.1) is 29.2 Å². The van der Waals surface area contributed by atoms with Crippen molar-refractivity contribution in [3.8, 4) is 11.5 Å². The summed E-state index contributed by atoms with van der Waals surface area (Å²) in [7, 11) is 0. The number of halogens is 7. The molecule has 1 heterocycles. The van der Waals surface area contributed by atoms with Crippen LogP contribution in [0.3, 0.4) is 0 Å². The van der Waals surface area contributed by atoms with Gasteiger partial charge in [-0.25, -0.2) is 22.0 Å². The predicted molar refractivity (Wildman–Crippen MR) is 106 cm³/mol. The molecule has 0 atom stereocenters. The Balaban J connectivity index is 1.74. The molecule has 34 heavy (non-hydrogen) atoms. The number of hydrogen-bond donors (Lipinski definition) is 0. The molecule has 2 aromatic carbocycles. The smallest absolute Gasteiger partial charge is 0.432 e. The fourth-order valence-corrected chi connectivity index (χ4v) is 3.58. The second-order valence-corrected chi connectivity index (χ2v) is 7.81. The topological polar surface area (TPSA) is 36.9 Å². The third-order valence-corrected chi connectivity index (χ3v) is 5.23. The zero-order valence-electron chi connectivity index (χ0n) is 18.2. The van der Waals surface area contributed by atoms with Gasteiger partial charge in [-0.2, -0.15) is 8.78 Å². The number of ether oxygens (including phenoxy) is 4. The molecule has 0 amide bonds. The van der Waals surface area contributed by atoms with Crippen LogP contribution in [-0.2, 0) is 15.6 Å². The highest BCUT2D eigenvalue weighted by atomic mass is 19.3. The predicted octanol–water partition coefficient (Wildman–Crippen LogP) is 6.92. The van der Waals surface area contributed by atoms with E-state index in [2.05, 4.69) is 16.4 Å². The van der Waals surface area contributed by atoms with Crippen LogP contribution in [0.5, 0.6) is 11.5 Å². The second-order valence-electron chi connectivity index (χ2n) is 7.81. The average Bonchev–Trinajstić information content (AvgIpc) is 2.76. The van der Waals surface area contributed by atoms with Gasteiger partial charge in [0.1, 0.15) is 22.9 Å². The summed E-state index contributed by atoms with van der Waals surface area (Å²) in [4.78, 5) is 0. The Labute approximate surface area is 191 Å². The first kappa shape index (κ1) is 26.1. The van der Waals surface area contributed by atoms with Gasteiger partial charge in [-0.3, -0.25) is 0 Å². The van der Waals surface area contributed by atoms with Gasteiger partial charge in [-0.1, -0.05) is 26.2 Å². The lowest BCUT2D eigenvalue weighted by molar-refractivity contribution is -0.206. The fourth-order valence-electron chi connectivity index (χ4n) is 3.58. The molecule has 188 valence electrons. The Kier molecular flexibility index (Phi) is 8.64. The third kappa shape index (κ3) is 6.12. The normalized spacial score (nSPS) is 18.7. The van der Waals surface area contributed by atoms with E-state index in [1.807, 2.05) is 0 Å². The van der Waals surface area contributed by atoms with Crippen LogP contribution in [0.1, 0.15) is 50.0 Å². The van der Waals surface area contributed by atoms with Gasteiger partial charge < -0.3 is 18.9 Å². The lowest BCUT2D eigenvalue weighted by atomic mass is 10.0. The molecule has 3 rings (SSSR count). The third-order valence-electron chi connectivity index (χ3n) is 5.23. The van der Waals surface area contributed by atoms with Gasteiger partial charge in [-0.05, 0) is 18.6 Å². The summed E-state index contributed by atoms with van der Waals surface area (Å²) in [5.41, 5.74) is -1.92. The minimum absolute atomic E-state index is 0.122. The summed E-state index contributed by atoms with van der Waals surface area (Å²) >= 11 is 0. The van der Waals surface area contributed by atoms with Gasteiger partial charge >= 0.3 is 6.11 Å². The van der Waals surface area contributed by atoms with Crippen LogP contribution in [-0.4, -0.2) is 20.1 Å². The molecular formula is C23H23F7O4. The number of benzene rings is 2. The Bertz CT molecular complexity index is 932. The summed E-state index contributed by atoms with van der Waals surface area (Å²) in [6.07, 6.45) is -1.81. The highest BCUT2D eigenvalue weighted by Gasteiger charge is 2.42. The molecule has 1 aliphatic rings. The van der Waals surface area contributed by atoms with Crippen molar-refractivity contribution in [2.24, 2.45) is 5.92 Å². The molecule has 0 saturated carbocycles. The van der Waals surface area contributed by atoms with Crippen LogP contribution >= 0.6 is 0 Å². The second kappa shape index (κ2) is 11.3. The summed E-state index contributed by atoms with van der Waals surface area (Å²) in [6, 6.07) is 1.79. The van der Waals surface area contributed by atoms with Gasteiger partial charge in [-0.15, -0.1) is 0 Å². The van der Waals surface area contributed by atoms with E-state index < -0.39 is 59.6 Å². The minimum Gasteiger partial charge on any atom is -0.457 e. The molecule has 1 saturated heterocycles. The van der Waals surface area contributed by atoms with Crippen molar-refractivity contribution in [3.05, 3.63) is 58.7 Å². The van der Waals surface area contributed by atoms with E-state index in [4.69, 9.17) is 9.47 Å². The molecule has 11 heteroatoms. The van der Waals surface area contributed by atoms with E-state index in [1.165, 1.54) is 0 Å². The first-order valence-corrected chi connectivity index (χ1v) is 10.6. The van der Waals surface area contributed by atoms with Gasteiger partial charge in [0.2, 0.25) is 6.86 Å². The molecule has 0 N–H and O–H groups in total. The van der Waals surface area contributed by atoms with Crippen molar-refractivity contribution in [2.75, 3.05) is 20.1 Å². The van der Waals surface area contributed by atoms with Crippen LogP contribution in [0.25, 0.3) is 0 Å². The molecule has 0 bridgehead atoms. The molecule has 0 unspecified atom stereocenters. The monoisotopic (exact) mass is 496 g/mol. The molecule has 0 aromatic heterocycles. The summed E-state index contributed by atoms with van der Waals surface area (Å²) in [5.74, 6) is -8.55. The van der Waals surface area contributed by atoms with E-state index >= 15 is 0 Å². The number of hydrogen-bond acceptors (Lipinski definition) is 4. The summed E-state index contributed by atoms with van der Waals surface area (Å²) in [5, 5.41) is 0. The zero-order valence-corrected chi connectivity index (χ0v) is 18.2. The highest BCUT2D eigenvalue weighted by Crippen LogP contribution is 2.38. The van der Waals surface area contributed by atoms with E-state index in [9.17, 15) is 30.7 Å². The van der Waals surface area contributed by atoms with Gasteiger partial charge in [0.25, 0.3) is 0 Å². The first-order valence-electron chi connectivity index (χ1n) is 10.6. The van der Waals surface area contributed by atoms with Crippen LogP contribution in [0.4, 0.5) is 30.7 Å². The quantitative estimate of drug-likeness (QED) is 0.264. The summed E-state index contributed by atoms with van der Waals surface area (Å²) in [6.45, 7) is 1.08. The number of unbranched alkanes of at least 4 members (excludes halogenated alkanes) is 2. The Morgan fingerprint density at radius 1 is 0.912 bits per heavy atom. The fraction of sp³-hybridized carbons (Fsp3) is 0.478. The molecule has 0 spiro atoms. The Morgan fingerprint density at radius 2 is 1.50 bits per heavy atom. The maximum Gasteiger partial charge on any atom is 0.432 e. The van der Waals surface area contributed by atoms with Gasteiger partial charge in [0.15, 0.2) is 23.7 Å².